The highest BCUT2D eigenvalue weighted by Crippen LogP contribution is 2.47. The molecule has 0 bridgehead atoms. The van der Waals surface area contributed by atoms with E-state index in [1.165, 1.54) is 51.4 Å². The molecule has 0 saturated heterocycles. The van der Waals surface area contributed by atoms with Crippen molar-refractivity contribution in [3.8, 4) is 5.75 Å². The van der Waals surface area contributed by atoms with Gasteiger partial charge in [0.25, 0.3) is 0 Å². The molecular formula is C30H34F6O. The summed E-state index contributed by atoms with van der Waals surface area (Å²) >= 11 is 0. The maximum Gasteiger partial charge on any atom is 0.432 e. The molecule has 0 aromatic heterocycles. The van der Waals surface area contributed by atoms with Crippen LogP contribution in [0.1, 0.15) is 94.1 Å². The molecule has 5 rings (SSSR count). The van der Waals surface area contributed by atoms with Crippen LogP contribution in [-0.2, 0) is 6.11 Å². The lowest BCUT2D eigenvalue weighted by Crippen LogP contribution is -2.28. The maximum absolute atomic E-state index is 14.8. The number of hydrogen-bond acceptors (Lipinski definition) is 1. The van der Waals surface area contributed by atoms with E-state index >= 15 is 0 Å². The molecule has 37 heavy (non-hydrogen) atoms. The number of alkyl halides is 2. The minimum atomic E-state index is -4.40. The fourth-order valence-corrected chi connectivity index (χ4v) is 7.29. The summed E-state index contributed by atoms with van der Waals surface area (Å²) in [5, 5.41) is 0. The number of benzene rings is 2. The zero-order valence-corrected chi connectivity index (χ0v) is 20.9. The molecule has 3 saturated carbocycles. The Morgan fingerprint density at radius 1 is 0.568 bits per heavy atom. The van der Waals surface area contributed by atoms with Crippen LogP contribution in [0.4, 0.5) is 26.3 Å². The van der Waals surface area contributed by atoms with Gasteiger partial charge in [0, 0.05) is 6.07 Å². The van der Waals surface area contributed by atoms with Gasteiger partial charge in [-0.15, -0.1) is 0 Å². The molecule has 0 N–H and O–H groups in total. The topological polar surface area (TPSA) is 9.23 Å². The van der Waals surface area contributed by atoms with Crippen molar-refractivity contribution in [3.63, 3.8) is 0 Å². The second kappa shape index (κ2) is 10.9. The first-order chi connectivity index (χ1) is 17.7. The molecule has 0 heterocycles. The van der Waals surface area contributed by atoms with Gasteiger partial charge in [-0.2, -0.15) is 8.78 Å². The molecule has 0 unspecified atom stereocenters. The van der Waals surface area contributed by atoms with E-state index in [0.29, 0.717) is 23.6 Å². The molecule has 2 aromatic rings. The monoisotopic (exact) mass is 524 g/mol. The lowest BCUT2D eigenvalue weighted by Gasteiger charge is -2.39. The Bertz CT molecular complexity index is 1060. The fourth-order valence-electron chi connectivity index (χ4n) is 7.29. The van der Waals surface area contributed by atoms with E-state index in [1.54, 1.807) is 0 Å². The van der Waals surface area contributed by atoms with Crippen LogP contribution in [0.25, 0.3) is 0 Å². The third-order valence-corrected chi connectivity index (χ3v) is 9.29. The van der Waals surface area contributed by atoms with Gasteiger partial charge in [-0.05, 0) is 111 Å². The Kier molecular flexibility index (Phi) is 7.78. The van der Waals surface area contributed by atoms with Gasteiger partial charge in [0.15, 0.2) is 11.6 Å². The first-order valence-electron chi connectivity index (χ1n) is 13.7. The van der Waals surface area contributed by atoms with Crippen LogP contribution >= 0.6 is 0 Å². The summed E-state index contributed by atoms with van der Waals surface area (Å²) in [7, 11) is 0. The summed E-state index contributed by atoms with van der Waals surface area (Å²) in [5.41, 5.74) is -1.15. The van der Waals surface area contributed by atoms with E-state index < -0.39 is 40.7 Å². The molecule has 2 aromatic carbocycles. The molecule has 0 atom stereocenters. The van der Waals surface area contributed by atoms with Crippen molar-refractivity contribution in [2.24, 2.45) is 23.7 Å². The van der Waals surface area contributed by atoms with Crippen LogP contribution in [0, 0.1) is 46.9 Å². The van der Waals surface area contributed by atoms with Crippen molar-refractivity contribution >= 4 is 0 Å². The molecule has 3 aliphatic carbocycles. The Labute approximate surface area is 214 Å². The normalized spacial score (nSPS) is 27.4. The Balaban J connectivity index is 1.20. The van der Waals surface area contributed by atoms with E-state index in [-0.39, 0.29) is 5.92 Å². The van der Waals surface area contributed by atoms with Crippen LogP contribution < -0.4 is 4.74 Å². The Hall–Kier alpha value is -2.18. The van der Waals surface area contributed by atoms with Crippen LogP contribution in [0.15, 0.2) is 30.3 Å². The predicted octanol–water partition coefficient (Wildman–Crippen LogP) is 9.64. The van der Waals surface area contributed by atoms with Gasteiger partial charge in [0.05, 0.1) is 0 Å². The molecule has 7 heteroatoms. The van der Waals surface area contributed by atoms with Gasteiger partial charge < -0.3 is 4.74 Å². The largest absolute Gasteiger partial charge is 0.432 e. The minimum Gasteiger partial charge on any atom is -0.429 e. The molecule has 0 radical (unpaired) electrons. The SMILES string of the molecule is Fc1ccc(OC(F)(F)c2c(F)cc(C3CCC(C4CCC(C5CCCC5)CC4)CC3)cc2F)cc1F. The molecule has 0 amide bonds. The Morgan fingerprint density at radius 2 is 1.05 bits per heavy atom. The van der Waals surface area contributed by atoms with Crippen LogP contribution in [0.5, 0.6) is 5.75 Å². The van der Waals surface area contributed by atoms with Crippen molar-refractivity contribution < 1.29 is 31.1 Å². The average molecular weight is 525 g/mol. The van der Waals surface area contributed by atoms with E-state index in [2.05, 4.69) is 4.74 Å². The van der Waals surface area contributed by atoms with Crippen LogP contribution in [-0.4, -0.2) is 0 Å². The van der Waals surface area contributed by atoms with Gasteiger partial charge in [-0.1, -0.05) is 25.7 Å². The average Bonchev–Trinajstić information content (AvgIpc) is 3.41. The quantitative estimate of drug-likeness (QED) is 0.342. The summed E-state index contributed by atoms with van der Waals surface area (Å²) in [6.07, 6.45) is 9.93. The second-order valence-electron chi connectivity index (χ2n) is 11.4. The minimum absolute atomic E-state index is 0.0788. The number of hydrogen-bond donors (Lipinski definition) is 0. The van der Waals surface area contributed by atoms with Crippen molar-refractivity contribution in [3.05, 3.63) is 64.7 Å². The summed E-state index contributed by atoms with van der Waals surface area (Å²) in [6.45, 7) is 0. The summed E-state index contributed by atoms with van der Waals surface area (Å²) in [4.78, 5) is 0. The first kappa shape index (κ1) is 26.4. The third kappa shape index (κ3) is 5.80. The summed E-state index contributed by atoms with van der Waals surface area (Å²) < 4.78 is 89.7. The lowest BCUT2D eigenvalue weighted by molar-refractivity contribution is -0.189. The number of ether oxygens (including phenoxy) is 1. The molecule has 0 aliphatic heterocycles. The predicted molar refractivity (Wildman–Crippen MR) is 129 cm³/mol. The van der Waals surface area contributed by atoms with Gasteiger partial charge in [-0.3, -0.25) is 0 Å². The number of rotatable bonds is 6. The molecule has 3 aliphatic rings. The van der Waals surface area contributed by atoms with Crippen molar-refractivity contribution in [1.29, 1.82) is 0 Å². The van der Waals surface area contributed by atoms with E-state index in [9.17, 15) is 26.3 Å². The van der Waals surface area contributed by atoms with Gasteiger partial charge in [0.2, 0.25) is 0 Å². The van der Waals surface area contributed by atoms with E-state index in [4.69, 9.17) is 0 Å². The Morgan fingerprint density at radius 3 is 1.57 bits per heavy atom. The zero-order chi connectivity index (χ0) is 26.2. The fraction of sp³-hybridized carbons (Fsp3) is 0.600. The molecule has 3 fully saturated rings. The van der Waals surface area contributed by atoms with E-state index in [1.807, 2.05) is 0 Å². The highest BCUT2D eigenvalue weighted by molar-refractivity contribution is 5.32. The van der Waals surface area contributed by atoms with Gasteiger partial charge in [0.1, 0.15) is 22.9 Å². The van der Waals surface area contributed by atoms with Crippen molar-refractivity contribution in [2.75, 3.05) is 0 Å². The highest BCUT2D eigenvalue weighted by atomic mass is 19.3. The maximum atomic E-state index is 14.8. The van der Waals surface area contributed by atoms with Gasteiger partial charge >= 0.3 is 6.11 Å². The molecule has 1 nitrogen and oxygen atoms in total. The molecular weight excluding hydrogens is 490 g/mol. The smallest absolute Gasteiger partial charge is 0.429 e. The second-order valence-corrected chi connectivity index (χ2v) is 11.4. The van der Waals surface area contributed by atoms with Crippen LogP contribution in [0.3, 0.4) is 0 Å². The van der Waals surface area contributed by atoms with Crippen LogP contribution in [0.2, 0.25) is 0 Å². The standard InChI is InChI=1S/C30H34F6O/c31-25-14-13-24(17-26(25)32)37-30(35,36)29-27(33)15-23(16-28(29)34)22-11-9-21(10-12-22)20-7-5-19(6-8-20)18-3-1-2-4-18/h13-22H,1-12H2. The molecule has 202 valence electrons. The molecule has 0 spiro atoms. The first-order valence-corrected chi connectivity index (χ1v) is 13.7. The lowest BCUT2D eigenvalue weighted by atomic mass is 9.66. The summed E-state index contributed by atoms with van der Waals surface area (Å²) in [6, 6.07) is 3.73. The van der Waals surface area contributed by atoms with Crippen molar-refractivity contribution in [1.82, 2.24) is 0 Å². The zero-order valence-electron chi connectivity index (χ0n) is 20.9. The third-order valence-electron chi connectivity index (χ3n) is 9.29. The van der Waals surface area contributed by atoms with Crippen molar-refractivity contribution in [2.45, 2.75) is 89.1 Å². The number of halogens is 6. The van der Waals surface area contributed by atoms with E-state index in [0.717, 1.165) is 61.6 Å². The summed E-state index contributed by atoms with van der Waals surface area (Å²) in [5.74, 6) is -3.10. The highest BCUT2D eigenvalue weighted by Gasteiger charge is 2.42. The van der Waals surface area contributed by atoms with Gasteiger partial charge in [-0.25, -0.2) is 17.6 Å².